The molecule has 5 heteroatoms. The second-order valence-electron chi connectivity index (χ2n) is 4.41. The summed E-state index contributed by atoms with van der Waals surface area (Å²) in [4.78, 5) is 22.5. The lowest BCUT2D eigenvalue weighted by Gasteiger charge is -2.28. The Labute approximate surface area is 105 Å². The predicted molar refractivity (Wildman–Crippen MR) is 65.9 cm³/mol. The minimum atomic E-state index is 0.0718. The van der Waals surface area contributed by atoms with E-state index >= 15 is 0 Å². The van der Waals surface area contributed by atoms with Crippen molar-refractivity contribution in [1.82, 2.24) is 19.4 Å². The van der Waals surface area contributed by atoms with Crippen LogP contribution < -0.4 is 0 Å². The minimum Gasteiger partial charge on any atom is -0.342 e. The van der Waals surface area contributed by atoms with Crippen molar-refractivity contribution in [3.05, 3.63) is 47.8 Å². The second-order valence-corrected chi connectivity index (χ2v) is 4.41. The maximum atomic E-state index is 12.2. The summed E-state index contributed by atoms with van der Waals surface area (Å²) in [6.07, 6.45) is 3.67. The lowest BCUT2D eigenvalue weighted by molar-refractivity contribution is 0.0688. The summed E-state index contributed by atoms with van der Waals surface area (Å²) in [7, 11) is 0. The number of amides is 1. The van der Waals surface area contributed by atoms with E-state index in [1.54, 1.807) is 6.20 Å². The average molecular weight is 242 g/mol. The fraction of sp³-hybridized carbons (Fsp3) is 0.308. The van der Waals surface area contributed by atoms with Gasteiger partial charge >= 0.3 is 0 Å². The molecule has 0 spiro atoms. The molecule has 1 aliphatic rings. The van der Waals surface area contributed by atoms with Gasteiger partial charge in [-0.05, 0) is 25.1 Å². The molecule has 3 heterocycles. The van der Waals surface area contributed by atoms with Crippen LogP contribution in [0, 0.1) is 6.92 Å². The number of fused-ring (bicyclic) bond motifs is 1. The number of carbonyl (C=O) groups is 1. The molecule has 18 heavy (non-hydrogen) atoms. The van der Waals surface area contributed by atoms with Gasteiger partial charge in [0.2, 0.25) is 0 Å². The van der Waals surface area contributed by atoms with Crippen LogP contribution in [-0.2, 0) is 13.1 Å². The van der Waals surface area contributed by atoms with Gasteiger partial charge in [-0.15, -0.1) is 0 Å². The Hall–Kier alpha value is -2.17. The van der Waals surface area contributed by atoms with Crippen LogP contribution in [0.3, 0.4) is 0 Å². The monoisotopic (exact) mass is 242 g/mol. The van der Waals surface area contributed by atoms with E-state index in [0.717, 1.165) is 30.3 Å². The molecule has 1 aliphatic heterocycles. The van der Waals surface area contributed by atoms with Gasteiger partial charge in [0.1, 0.15) is 11.5 Å². The second kappa shape index (κ2) is 4.25. The molecule has 5 nitrogen and oxygen atoms in total. The molecule has 0 unspecified atom stereocenters. The van der Waals surface area contributed by atoms with Gasteiger partial charge in [-0.25, -0.2) is 9.97 Å². The van der Waals surface area contributed by atoms with E-state index in [1.165, 1.54) is 0 Å². The number of aryl methyl sites for hydroxylation is 1. The van der Waals surface area contributed by atoms with Crippen LogP contribution in [0.4, 0.5) is 0 Å². The zero-order chi connectivity index (χ0) is 12.5. The number of nitrogens with zero attached hydrogens (tertiary/aromatic N) is 4. The molecule has 0 radical (unpaired) electrons. The Morgan fingerprint density at radius 1 is 1.33 bits per heavy atom. The van der Waals surface area contributed by atoms with Gasteiger partial charge in [0, 0.05) is 25.5 Å². The molecular formula is C13H14N4O. The Morgan fingerprint density at radius 2 is 2.22 bits per heavy atom. The highest BCUT2D eigenvalue weighted by Gasteiger charge is 2.23. The Morgan fingerprint density at radius 3 is 3.06 bits per heavy atom. The number of hydrogen-bond donors (Lipinski definition) is 0. The zero-order valence-electron chi connectivity index (χ0n) is 10.2. The van der Waals surface area contributed by atoms with E-state index in [9.17, 15) is 4.79 Å². The normalized spacial score (nSPS) is 14.7. The topological polar surface area (TPSA) is 51.0 Å². The molecule has 0 saturated heterocycles. The van der Waals surface area contributed by atoms with Crippen molar-refractivity contribution >= 4 is 5.91 Å². The maximum Gasteiger partial charge on any atom is 0.270 e. The lowest BCUT2D eigenvalue weighted by atomic mass is 10.2. The van der Waals surface area contributed by atoms with Crippen molar-refractivity contribution in [1.29, 1.82) is 0 Å². The summed E-state index contributed by atoms with van der Waals surface area (Å²) in [5.41, 5.74) is 1.64. The molecule has 92 valence electrons. The van der Waals surface area contributed by atoms with Crippen LogP contribution in [0.2, 0.25) is 0 Å². The first-order chi connectivity index (χ1) is 8.74. The van der Waals surface area contributed by atoms with Crippen LogP contribution >= 0.6 is 0 Å². The number of carbonyl (C=O) groups excluding carboxylic acids is 1. The van der Waals surface area contributed by atoms with Crippen molar-refractivity contribution in [2.75, 3.05) is 6.54 Å². The van der Waals surface area contributed by atoms with Crippen LogP contribution in [-0.4, -0.2) is 31.9 Å². The molecule has 0 aromatic carbocycles. The van der Waals surface area contributed by atoms with Gasteiger partial charge in [-0.3, -0.25) is 4.79 Å². The van der Waals surface area contributed by atoms with Crippen LogP contribution in [0.15, 0.2) is 30.6 Å². The first kappa shape index (κ1) is 11.0. The summed E-state index contributed by atoms with van der Waals surface area (Å²) in [6, 6.07) is 5.62. The summed E-state index contributed by atoms with van der Waals surface area (Å²) < 4.78 is 1.99. The van der Waals surface area contributed by atoms with Crippen LogP contribution in [0.25, 0.3) is 0 Å². The van der Waals surface area contributed by atoms with Gasteiger partial charge in [0.05, 0.1) is 12.2 Å². The van der Waals surface area contributed by atoms with Crippen molar-refractivity contribution < 1.29 is 4.79 Å². The molecule has 0 saturated carbocycles. The Bertz CT molecular complexity index is 590. The number of rotatable bonds is 2. The molecule has 2 aromatic heterocycles. The van der Waals surface area contributed by atoms with Gasteiger partial charge in [-0.1, -0.05) is 0 Å². The molecule has 0 N–H and O–H groups in total. The highest BCUT2D eigenvalue weighted by atomic mass is 16.2. The largest absolute Gasteiger partial charge is 0.342 e. The van der Waals surface area contributed by atoms with Gasteiger partial charge < -0.3 is 9.47 Å². The summed E-state index contributed by atoms with van der Waals surface area (Å²) >= 11 is 0. The number of aromatic nitrogens is 3. The third-order valence-corrected chi connectivity index (χ3v) is 3.13. The predicted octanol–water partition coefficient (Wildman–Crippen LogP) is 1.24. The molecule has 3 rings (SSSR count). The van der Waals surface area contributed by atoms with E-state index in [-0.39, 0.29) is 5.91 Å². The molecule has 0 atom stereocenters. The minimum absolute atomic E-state index is 0.0718. The van der Waals surface area contributed by atoms with Crippen molar-refractivity contribution in [2.24, 2.45) is 0 Å². The number of hydrogen-bond acceptors (Lipinski definition) is 3. The summed E-state index contributed by atoms with van der Waals surface area (Å²) in [5.74, 6) is 0.808. The molecular weight excluding hydrogens is 228 g/mol. The third-order valence-electron chi connectivity index (χ3n) is 3.13. The van der Waals surface area contributed by atoms with Gasteiger partial charge in [0.15, 0.2) is 0 Å². The summed E-state index contributed by atoms with van der Waals surface area (Å²) in [6.45, 7) is 3.97. The van der Waals surface area contributed by atoms with Crippen LogP contribution in [0.5, 0.6) is 0 Å². The van der Waals surface area contributed by atoms with E-state index in [2.05, 4.69) is 9.97 Å². The molecule has 1 amide bonds. The first-order valence-corrected chi connectivity index (χ1v) is 5.97. The van der Waals surface area contributed by atoms with Gasteiger partial charge in [0.25, 0.3) is 5.91 Å². The SMILES string of the molecule is Cc1nccc(CN2CCn3cccc3C2=O)n1. The smallest absolute Gasteiger partial charge is 0.270 e. The summed E-state index contributed by atoms with van der Waals surface area (Å²) in [5, 5.41) is 0. The van der Waals surface area contributed by atoms with Crippen molar-refractivity contribution in [3.63, 3.8) is 0 Å². The van der Waals surface area contributed by atoms with E-state index in [0.29, 0.717) is 6.54 Å². The highest BCUT2D eigenvalue weighted by Crippen LogP contribution is 2.15. The molecule has 0 bridgehead atoms. The van der Waals surface area contributed by atoms with E-state index < -0.39 is 0 Å². The maximum absolute atomic E-state index is 12.2. The quantitative estimate of drug-likeness (QED) is 0.796. The standard InChI is InChI=1S/C13H14N4O/c1-10-14-5-4-11(15-10)9-17-8-7-16-6-2-3-12(16)13(17)18/h2-6H,7-9H2,1H3. The first-order valence-electron chi connectivity index (χ1n) is 5.97. The van der Waals surface area contributed by atoms with Gasteiger partial charge in [-0.2, -0.15) is 0 Å². The molecule has 2 aromatic rings. The van der Waals surface area contributed by atoms with E-state index in [4.69, 9.17) is 0 Å². The fourth-order valence-electron chi connectivity index (χ4n) is 2.23. The zero-order valence-corrected chi connectivity index (χ0v) is 10.2. The molecule has 0 aliphatic carbocycles. The Kier molecular flexibility index (Phi) is 2.59. The van der Waals surface area contributed by atoms with Crippen molar-refractivity contribution in [3.8, 4) is 0 Å². The Balaban J connectivity index is 1.81. The highest BCUT2D eigenvalue weighted by molar-refractivity contribution is 5.93. The van der Waals surface area contributed by atoms with Crippen LogP contribution in [0.1, 0.15) is 22.0 Å². The van der Waals surface area contributed by atoms with Crippen molar-refractivity contribution in [2.45, 2.75) is 20.0 Å². The lowest BCUT2D eigenvalue weighted by Crippen LogP contribution is -2.39. The fourth-order valence-corrected chi connectivity index (χ4v) is 2.23. The average Bonchev–Trinajstić information content (AvgIpc) is 2.82. The van der Waals surface area contributed by atoms with E-state index in [1.807, 2.05) is 40.8 Å². The molecule has 0 fully saturated rings. The third kappa shape index (κ3) is 1.88.